The third kappa shape index (κ3) is 1.46. The molecule has 0 aliphatic heterocycles. The highest BCUT2D eigenvalue weighted by molar-refractivity contribution is 6.30. The summed E-state index contributed by atoms with van der Waals surface area (Å²) in [5, 5.41) is 0.699. The summed E-state index contributed by atoms with van der Waals surface area (Å²) < 4.78 is 13.3. The topological polar surface area (TPSA) is 0 Å². The monoisotopic (exact) mass is 198 g/mol. The van der Waals surface area contributed by atoms with Gasteiger partial charge in [-0.2, -0.15) is 0 Å². The van der Waals surface area contributed by atoms with Crippen LogP contribution >= 0.6 is 11.6 Å². The molecule has 1 aliphatic rings. The first-order valence-corrected chi connectivity index (χ1v) is 4.93. The first-order valence-electron chi connectivity index (χ1n) is 4.55. The minimum absolute atomic E-state index is 0.217. The van der Waals surface area contributed by atoms with Gasteiger partial charge in [0.15, 0.2) is 0 Å². The van der Waals surface area contributed by atoms with Gasteiger partial charge < -0.3 is 0 Å². The summed E-state index contributed by atoms with van der Waals surface area (Å²) in [5.41, 5.74) is 0.834. The Morgan fingerprint density at radius 1 is 1.46 bits per heavy atom. The van der Waals surface area contributed by atoms with Crippen molar-refractivity contribution >= 4 is 11.6 Å². The lowest BCUT2D eigenvalue weighted by Gasteiger charge is -2.17. The van der Waals surface area contributed by atoms with Gasteiger partial charge in [-0.1, -0.05) is 23.7 Å². The van der Waals surface area contributed by atoms with E-state index in [1.807, 2.05) is 24.3 Å². The third-order valence-corrected chi connectivity index (χ3v) is 3.18. The molecule has 0 radical (unpaired) electrons. The van der Waals surface area contributed by atoms with Crippen LogP contribution in [0.3, 0.4) is 0 Å². The fourth-order valence-electron chi connectivity index (χ4n) is 1.85. The van der Waals surface area contributed by atoms with Crippen LogP contribution in [0.15, 0.2) is 24.3 Å². The lowest BCUT2D eigenvalue weighted by atomic mass is 9.92. The maximum atomic E-state index is 13.3. The van der Waals surface area contributed by atoms with E-state index in [1.54, 1.807) is 6.92 Å². The molecule has 0 nitrogen and oxygen atoms in total. The van der Waals surface area contributed by atoms with Gasteiger partial charge in [-0.3, -0.25) is 0 Å². The van der Waals surface area contributed by atoms with Gasteiger partial charge in [-0.05, 0) is 37.5 Å². The normalized spacial score (nSPS) is 21.2. The Balaban J connectivity index is 2.35. The average Bonchev–Trinajstić information content (AvgIpc) is 2.83. The molecule has 2 heteroatoms. The highest BCUT2D eigenvalue weighted by atomic mass is 35.5. The van der Waals surface area contributed by atoms with Crippen LogP contribution in [0.2, 0.25) is 5.02 Å². The van der Waals surface area contributed by atoms with E-state index < -0.39 is 6.17 Å². The van der Waals surface area contributed by atoms with E-state index in [4.69, 9.17) is 11.6 Å². The van der Waals surface area contributed by atoms with Crippen molar-refractivity contribution < 1.29 is 4.39 Å². The molecule has 0 bridgehead atoms. The molecule has 1 atom stereocenters. The predicted molar refractivity (Wildman–Crippen MR) is 52.9 cm³/mol. The van der Waals surface area contributed by atoms with Gasteiger partial charge in [0.05, 0.1) is 0 Å². The second kappa shape index (κ2) is 2.98. The van der Waals surface area contributed by atoms with Crippen molar-refractivity contribution in [2.24, 2.45) is 0 Å². The average molecular weight is 199 g/mol. The molecule has 1 aromatic rings. The van der Waals surface area contributed by atoms with E-state index in [0.29, 0.717) is 5.02 Å². The molecule has 0 heterocycles. The molecule has 0 saturated heterocycles. The molecule has 1 unspecified atom stereocenters. The van der Waals surface area contributed by atoms with Crippen molar-refractivity contribution in [2.75, 3.05) is 0 Å². The van der Waals surface area contributed by atoms with Gasteiger partial charge in [0.1, 0.15) is 6.17 Å². The van der Waals surface area contributed by atoms with E-state index in [9.17, 15) is 4.39 Å². The summed E-state index contributed by atoms with van der Waals surface area (Å²) in [7, 11) is 0. The van der Waals surface area contributed by atoms with Gasteiger partial charge in [0, 0.05) is 10.4 Å². The van der Waals surface area contributed by atoms with Crippen LogP contribution in [0.5, 0.6) is 0 Å². The molecule has 0 amide bonds. The Kier molecular flexibility index (Phi) is 2.07. The van der Waals surface area contributed by atoms with E-state index in [0.717, 1.165) is 18.4 Å². The van der Waals surface area contributed by atoms with Gasteiger partial charge in [0.2, 0.25) is 0 Å². The number of rotatable bonds is 2. The van der Waals surface area contributed by atoms with E-state index in [1.165, 1.54) is 0 Å². The summed E-state index contributed by atoms with van der Waals surface area (Å²) in [6.45, 7) is 1.63. The van der Waals surface area contributed by atoms with Crippen LogP contribution in [0.25, 0.3) is 0 Å². The van der Waals surface area contributed by atoms with E-state index in [-0.39, 0.29) is 5.41 Å². The van der Waals surface area contributed by atoms with Crippen LogP contribution in [0.4, 0.5) is 4.39 Å². The van der Waals surface area contributed by atoms with Gasteiger partial charge >= 0.3 is 0 Å². The van der Waals surface area contributed by atoms with Crippen molar-refractivity contribution in [2.45, 2.75) is 31.4 Å². The lowest BCUT2D eigenvalue weighted by Crippen LogP contribution is -2.18. The molecule has 0 spiro atoms. The predicted octanol–water partition coefficient (Wildman–Crippen LogP) is 3.73. The number of hydrogen-bond donors (Lipinski definition) is 0. The molecule has 1 fully saturated rings. The van der Waals surface area contributed by atoms with Crippen molar-refractivity contribution in [3.05, 3.63) is 34.9 Å². The zero-order valence-electron chi connectivity index (χ0n) is 7.56. The molecule has 0 N–H and O–H groups in total. The first-order chi connectivity index (χ1) is 6.15. The number of halogens is 2. The SMILES string of the molecule is CC(F)C1(c2cccc(Cl)c2)CC1. The molecule has 0 aromatic heterocycles. The van der Waals surface area contributed by atoms with Crippen LogP contribution in [-0.2, 0) is 5.41 Å². The number of alkyl halides is 1. The summed E-state index contributed by atoms with van der Waals surface area (Å²) >= 11 is 5.86. The van der Waals surface area contributed by atoms with Crippen LogP contribution in [0.1, 0.15) is 25.3 Å². The van der Waals surface area contributed by atoms with Crippen LogP contribution in [-0.4, -0.2) is 6.17 Å². The number of benzene rings is 1. The van der Waals surface area contributed by atoms with Gasteiger partial charge in [-0.15, -0.1) is 0 Å². The maximum Gasteiger partial charge on any atom is 0.107 e. The Hall–Kier alpha value is -0.560. The Labute approximate surface area is 82.7 Å². The highest BCUT2D eigenvalue weighted by Crippen LogP contribution is 2.52. The lowest BCUT2D eigenvalue weighted by molar-refractivity contribution is 0.290. The zero-order valence-corrected chi connectivity index (χ0v) is 8.31. The molecule has 2 rings (SSSR count). The fourth-order valence-corrected chi connectivity index (χ4v) is 2.04. The maximum absolute atomic E-state index is 13.3. The molecule has 1 aliphatic carbocycles. The summed E-state index contributed by atoms with van der Waals surface area (Å²) in [6, 6.07) is 7.56. The molecule has 13 heavy (non-hydrogen) atoms. The molecule has 1 saturated carbocycles. The van der Waals surface area contributed by atoms with Gasteiger partial charge in [0.25, 0.3) is 0 Å². The van der Waals surface area contributed by atoms with Crippen molar-refractivity contribution in [3.63, 3.8) is 0 Å². The molecular weight excluding hydrogens is 187 g/mol. The summed E-state index contributed by atoms with van der Waals surface area (Å²) in [6.07, 6.45) is 1.13. The third-order valence-electron chi connectivity index (χ3n) is 2.95. The number of hydrogen-bond acceptors (Lipinski definition) is 0. The summed E-state index contributed by atoms with van der Waals surface area (Å²) in [4.78, 5) is 0. The smallest absolute Gasteiger partial charge is 0.107 e. The van der Waals surface area contributed by atoms with Crippen molar-refractivity contribution in [3.8, 4) is 0 Å². The van der Waals surface area contributed by atoms with Crippen LogP contribution < -0.4 is 0 Å². The Morgan fingerprint density at radius 3 is 2.62 bits per heavy atom. The zero-order chi connectivity index (χ0) is 9.47. The second-order valence-corrected chi connectivity index (χ2v) is 4.22. The van der Waals surface area contributed by atoms with E-state index in [2.05, 4.69) is 0 Å². The Morgan fingerprint density at radius 2 is 2.15 bits per heavy atom. The molecule has 70 valence electrons. The van der Waals surface area contributed by atoms with Crippen molar-refractivity contribution in [1.82, 2.24) is 0 Å². The molecular formula is C11H12ClF. The Bertz CT molecular complexity index is 316. The molecule has 1 aromatic carbocycles. The standard InChI is InChI=1S/C11H12ClF/c1-8(13)11(5-6-11)9-3-2-4-10(12)7-9/h2-4,7-8H,5-6H2,1H3. The van der Waals surface area contributed by atoms with Gasteiger partial charge in [-0.25, -0.2) is 4.39 Å². The summed E-state index contributed by atoms with van der Waals surface area (Å²) in [5.74, 6) is 0. The largest absolute Gasteiger partial charge is 0.247 e. The first kappa shape index (κ1) is 9.01. The van der Waals surface area contributed by atoms with Crippen molar-refractivity contribution in [1.29, 1.82) is 0 Å². The van der Waals surface area contributed by atoms with E-state index >= 15 is 0 Å². The highest BCUT2D eigenvalue weighted by Gasteiger charge is 2.49. The minimum Gasteiger partial charge on any atom is -0.247 e. The second-order valence-electron chi connectivity index (χ2n) is 3.78. The fraction of sp³-hybridized carbons (Fsp3) is 0.455. The minimum atomic E-state index is -0.772. The van der Waals surface area contributed by atoms with Crippen LogP contribution in [0, 0.1) is 0 Å². The quantitative estimate of drug-likeness (QED) is 0.680.